The maximum Gasteiger partial charge on any atom is 0.320 e. The van der Waals surface area contributed by atoms with Crippen molar-refractivity contribution in [1.29, 1.82) is 0 Å². The van der Waals surface area contributed by atoms with Gasteiger partial charge in [-0.05, 0) is 32.1 Å². The Bertz CT molecular complexity index is 375. The van der Waals surface area contributed by atoms with Gasteiger partial charge in [0.15, 0.2) is 0 Å². The zero-order valence-corrected chi connectivity index (χ0v) is 19.4. The molecule has 0 aliphatic rings. The summed E-state index contributed by atoms with van der Waals surface area (Å²) in [5.41, 5.74) is 0. The van der Waals surface area contributed by atoms with E-state index in [-0.39, 0.29) is 31.1 Å². The van der Waals surface area contributed by atoms with Crippen LogP contribution in [0.3, 0.4) is 0 Å². The van der Waals surface area contributed by atoms with Gasteiger partial charge < -0.3 is 9.47 Å². The second-order valence-corrected chi connectivity index (χ2v) is 8.05. The molecule has 0 fully saturated rings. The molecule has 0 rings (SSSR count). The third kappa shape index (κ3) is 20.0. The molecule has 5 heteroatoms. The van der Waals surface area contributed by atoms with Crippen LogP contribution in [0.5, 0.6) is 0 Å². The summed E-state index contributed by atoms with van der Waals surface area (Å²) in [4.78, 5) is 23.8. The summed E-state index contributed by atoms with van der Waals surface area (Å²) in [5, 5.41) is 2.86. The van der Waals surface area contributed by atoms with Crippen molar-refractivity contribution < 1.29 is 19.1 Å². The Morgan fingerprint density at radius 2 is 1.14 bits per heavy atom. The molecule has 0 aliphatic heterocycles. The lowest BCUT2D eigenvalue weighted by Gasteiger charge is -2.18. The van der Waals surface area contributed by atoms with E-state index in [0.717, 1.165) is 38.5 Å². The number of rotatable bonds is 21. The van der Waals surface area contributed by atoms with Gasteiger partial charge in [0.25, 0.3) is 0 Å². The third-order valence-corrected chi connectivity index (χ3v) is 5.11. The Labute approximate surface area is 179 Å². The van der Waals surface area contributed by atoms with Crippen molar-refractivity contribution in [1.82, 2.24) is 5.32 Å². The number of carbonyl (C=O) groups is 2. The van der Waals surface area contributed by atoms with E-state index in [1.165, 1.54) is 57.8 Å². The van der Waals surface area contributed by atoms with Gasteiger partial charge in [-0.3, -0.25) is 14.9 Å². The summed E-state index contributed by atoms with van der Waals surface area (Å²) < 4.78 is 10.9. The lowest BCUT2D eigenvalue weighted by atomic mass is 10.0. The first-order valence-electron chi connectivity index (χ1n) is 12.2. The highest BCUT2D eigenvalue weighted by atomic mass is 16.5. The first kappa shape index (κ1) is 27.9. The molecule has 0 saturated heterocycles. The van der Waals surface area contributed by atoms with Crippen LogP contribution >= 0.6 is 0 Å². The number of hydrogen-bond donors (Lipinski definition) is 1. The molecule has 1 N–H and O–H groups in total. The van der Waals surface area contributed by atoms with Crippen LogP contribution in [0.15, 0.2) is 0 Å². The normalized spacial score (nSPS) is 11.0. The summed E-state index contributed by atoms with van der Waals surface area (Å²) in [5.74, 6) is -0.572. The molecular weight excluding hydrogens is 366 g/mol. The van der Waals surface area contributed by atoms with Crippen molar-refractivity contribution in [2.75, 3.05) is 19.7 Å². The van der Waals surface area contributed by atoms with Crippen molar-refractivity contribution in [3.05, 3.63) is 0 Å². The van der Waals surface area contributed by atoms with Gasteiger partial charge in [0.2, 0.25) is 0 Å². The molecule has 5 nitrogen and oxygen atoms in total. The van der Waals surface area contributed by atoms with E-state index in [9.17, 15) is 9.59 Å². The van der Waals surface area contributed by atoms with Crippen LogP contribution in [0.1, 0.15) is 117 Å². The molecule has 0 radical (unpaired) electrons. The maximum atomic E-state index is 12.1. The lowest BCUT2D eigenvalue weighted by Crippen LogP contribution is -2.32. The number of carbonyl (C=O) groups excluding carboxylic acids is 2. The van der Waals surface area contributed by atoms with Crippen molar-refractivity contribution in [3.63, 3.8) is 0 Å². The Balaban J connectivity index is 3.94. The Hall–Kier alpha value is -1.10. The average molecular weight is 414 g/mol. The van der Waals surface area contributed by atoms with Gasteiger partial charge in [0, 0.05) is 0 Å². The van der Waals surface area contributed by atoms with E-state index in [1.807, 2.05) is 0 Å². The van der Waals surface area contributed by atoms with Gasteiger partial charge in [-0.25, -0.2) is 0 Å². The van der Waals surface area contributed by atoms with E-state index >= 15 is 0 Å². The third-order valence-electron chi connectivity index (χ3n) is 5.11. The van der Waals surface area contributed by atoms with Gasteiger partial charge in [0.05, 0.1) is 19.7 Å². The lowest BCUT2D eigenvalue weighted by molar-refractivity contribution is -0.149. The predicted octanol–water partition coefficient (Wildman–Crippen LogP) is 5.94. The van der Waals surface area contributed by atoms with Gasteiger partial charge in [-0.2, -0.15) is 0 Å². The van der Waals surface area contributed by atoms with E-state index in [2.05, 4.69) is 26.1 Å². The zero-order valence-electron chi connectivity index (χ0n) is 19.4. The summed E-state index contributed by atoms with van der Waals surface area (Å²) in [6.07, 6.45) is 17.0. The number of esters is 2. The van der Waals surface area contributed by atoms with Crippen molar-refractivity contribution in [2.24, 2.45) is 0 Å². The van der Waals surface area contributed by atoms with Crippen LogP contribution in [0.2, 0.25) is 0 Å². The van der Waals surface area contributed by atoms with Crippen LogP contribution in [-0.4, -0.2) is 37.7 Å². The zero-order chi connectivity index (χ0) is 21.6. The van der Waals surface area contributed by atoms with Crippen LogP contribution in [0, 0.1) is 0 Å². The quantitative estimate of drug-likeness (QED) is 0.186. The summed E-state index contributed by atoms with van der Waals surface area (Å²) in [7, 11) is 0. The van der Waals surface area contributed by atoms with Gasteiger partial charge in [-0.1, -0.05) is 85.0 Å². The van der Waals surface area contributed by atoms with Crippen molar-refractivity contribution in [2.45, 2.75) is 123 Å². The number of unbranched alkanes of at least 4 members (excludes halogenated alkanes) is 10. The molecule has 0 saturated carbocycles. The topological polar surface area (TPSA) is 64.6 Å². The fourth-order valence-corrected chi connectivity index (χ4v) is 3.30. The average Bonchev–Trinajstić information content (AvgIpc) is 2.70. The molecule has 0 aliphatic carbocycles. The number of ether oxygens (including phenoxy) is 2. The standard InChI is InChI=1S/C24H47NO4/c1-4-7-10-13-16-19-28-23(26)20-25-21-24(27)29-22(17-14-11-8-5-2)18-15-12-9-6-3/h22,25H,4-21H2,1-3H3. The van der Waals surface area contributed by atoms with E-state index < -0.39 is 0 Å². The molecule has 0 aromatic rings. The van der Waals surface area contributed by atoms with E-state index in [4.69, 9.17) is 9.47 Å². The smallest absolute Gasteiger partial charge is 0.320 e. The van der Waals surface area contributed by atoms with Crippen LogP contribution in [-0.2, 0) is 19.1 Å². The van der Waals surface area contributed by atoms with Crippen LogP contribution in [0.4, 0.5) is 0 Å². The summed E-state index contributed by atoms with van der Waals surface area (Å²) in [6, 6.07) is 0. The first-order valence-corrected chi connectivity index (χ1v) is 12.2. The van der Waals surface area contributed by atoms with Crippen molar-refractivity contribution >= 4 is 11.9 Å². The van der Waals surface area contributed by atoms with Crippen molar-refractivity contribution in [3.8, 4) is 0 Å². The Kier molecular flexibility index (Phi) is 20.8. The molecule has 0 heterocycles. The minimum Gasteiger partial charge on any atom is -0.465 e. The van der Waals surface area contributed by atoms with Gasteiger partial charge in [-0.15, -0.1) is 0 Å². The molecule has 0 amide bonds. The van der Waals surface area contributed by atoms with Crippen LogP contribution < -0.4 is 5.32 Å². The monoisotopic (exact) mass is 413 g/mol. The predicted molar refractivity (Wildman–Crippen MR) is 120 cm³/mol. The molecule has 29 heavy (non-hydrogen) atoms. The summed E-state index contributed by atoms with van der Waals surface area (Å²) in [6.45, 7) is 7.16. The summed E-state index contributed by atoms with van der Waals surface area (Å²) >= 11 is 0. The van der Waals surface area contributed by atoms with Gasteiger partial charge >= 0.3 is 11.9 Å². The largest absolute Gasteiger partial charge is 0.465 e. The molecule has 0 atom stereocenters. The molecular formula is C24H47NO4. The molecule has 0 aromatic carbocycles. The second-order valence-electron chi connectivity index (χ2n) is 8.05. The van der Waals surface area contributed by atoms with Gasteiger partial charge in [0.1, 0.15) is 6.10 Å². The molecule has 0 spiro atoms. The molecule has 0 aromatic heterocycles. The number of nitrogens with one attached hydrogen (secondary N) is 1. The fourth-order valence-electron chi connectivity index (χ4n) is 3.30. The highest BCUT2D eigenvalue weighted by molar-refractivity contribution is 5.75. The fraction of sp³-hybridized carbons (Fsp3) is 0.917. The van der Waals surface area contributed by atoms with Crippen LogP contribution in [0.25, 0.3) is 0 Å². The SMILES string of the molecule is CCCCCCCOC(=O)CNCC(=O)OC(CCCCCC)CCCCCC. The second kappa shape index (κ2) is 21.6. The first-order chi connectivity index (χ1) is 14.1. The van der Waals surface area contributed by atoms with E-state index in [0.29, 0.717) is 6.61 Å². The Morgan fingerprint density at radius 1 is 0.655 bits per heavy atom. The minimum atomic E-state index is -0.302. The highest BCUT2D eigenvalue weighted by Crippen LogP contribution is 2.15. The molecule has 0 unspecified atom stereocenters. The molecule has 0 bridgehead atoms. The Morgan fingerprint density at radius 3 is 1.69 bits per heavy atom. The van der Waals surface area contributed by atoms with E-state index in [1.54, 1.807) is 0 Å². The number of hydrogen-bond acceptors (Lipinski definition) is 5. The molecule has 172 valence electrons. The highest BCUT2D eigenvalue weighted by Gasteiger charge is 2.14. The maximum absolute atomic E-state index is 12.1. The minimum absolute atomic E-state index is 0.00749.